The fourth-order valence-electron chi connectivity index (χ4n) is 4.67. The van der Waals surface area contributed by atoms with Crippen molar-refractivity contribution in [1.82, 2.24) is 16.0 Å². The van der Waals surface area contributed by atoms with Gasteiger partial charge in [-0.2, -0.15) is 0 Å². The van der Waals surface area contributed by atoms with Crippen LogP contribution in [0.3, 0.4) is 0 Å². The third kappa shape index (κ3) is 10.2. The molecule has 1 aliphatic rings. The Labute approximate surface area is 233 Å². The van der Waals surface area contributed by atoms with Crippen LogP contribution in [0.2, 0.25) is 0 Å². The minimum Gasteiger partial charge on any atom is -0.354 e. The first-order valence-corrected chi connectivity index (χ1v) is 14.3. The summed E-state index contributed by atoms with van der Waals surface area (Å²) >= 11 is 0. The van der Waals surface area contributed by atoms with E-state index in [0.717, 1.165) is 61.6 Å². The summed E-state index contributed by atoms with van der Waals surface area (Å²) in [5.41, 5.74) is 3.08. The zero-order valence-electron chi connectivity index (χ0n) is 23.4. The van der Waals surface area contributed by atoms with E-state index in [2.05, 4.69) is 16.0 Å². The number of amides is 3. The summed E-state index contributed by atoms with van der Waals surface area (Å²) in [6.07, 6.45) is 11.4. The zero-order valence-corrected chi connectivity index (χ0v) is 23.4. The lowest BCUT2D eigenvalue weighted by Gasteiger charge is -2.22. The molecular weight excluding hydrogens is 486 g/mol. The van der Waals surface area contributed by atoms with Crippen molar-refractivity contribution in [2.24, 2.45) is 5.92 Å². The van der Waals surface area contributed by atoms with Gasteiger partial charge in [0.1, 0.15) is 6.04 Å². The third-order valence-corrected chi connectivity index (χ3v) is 7.02. The van der Waals surface area contributed by atoms with Crippen molar-refractivity contribution in [2.75, 3.05) is 13.1 Å². The molecule has 1 heterocycles. The largest absolute Gasteiger partial charge is 0.354 e. The summed E-state index contributed by atoms with van der Waals surface area (Å²) < 4.78 is 0. The molecule has 0 fully saturated rings. The number of hydrogen-bond donors (Lipinski definition) is 3. The van der Waals surface area contributed by atoms with E-state index >= 15 is 0 Å². The van der Waals surface area contributed by atoms with Crippen LogP contribution in [-0.2, 0) is 14.4 Å². The molecule has 0 bridgehead atoms. The molecule has 0 saturated heterocycles. The van der Waals surface area contributed by atoms with Gasteiger partial charge in [0.2, 0.25) is 11.8 Å². The van der Waals surface area contributed by atoms with Crippen molar-refractivity contribution >= 4 is 28.9 Å². The van der Waals surface area contributed by atoms with Crippen LogP contribution in [0.5, 0.6) is 0 Å². The maximum absolute atomic E-state index is 13.6. The highest BCUT2D eigenvalue weighted by Gasteiger charge is 2.25. The van der Waals surface area contributed by atoms with Crippen LogP contribution >= 0.6 is 0 Å². The summed E-state index contributed by atoms with van der Waals surface area (Å²) in [5.74, 6) is -0.496. The first kappa shape index (κ1) is 29.9. The Morgan fingerprint density at radius 2 is 1.28 bits per heavy atom. The molecule has 0 radical (unpaired) electrons. The lowest BCUT2D eigenvalue weighted by molar-refractivity contribution is -0.127. The maximum atomic E-state index is 13.6. The molecule has 6 heteroatoms. The number of carbonyl (C=O) groups is 3. The monoisotopic (exact) mass is 529 g/mol. The molecule has 3 rings (SSSR count). The van der Waals surface area contributed by atoms with E-state index in [1.54, 1.807) is 6.08 Å². The SMILES string of the molecule is CC(C)[C@@H]1NC(=O)/C(c2ccccc2)=C\C=C(\c2ccccc2)CNC(=O)CCCCCCCCCNC1=O. The molecule has 1 atom stereocenters. The van der Waals surface area contributed by atoms with Gasteiger partial charge < -0.3 is 16.0 Å². The highest BCUT2D eigenvalue weighted by Crippen LogP contribution is 2.20. The molecule has 3 amide bonds. The van der Waals surface area contributed by atoms with Crippen LogP contribution in [0.15, 0.2) is 72.8 Å². The number of hydrogen-bond acceptors (Lipinski definition) is 3. The Morgan fingerprint density at radius 1 is 0.692 bits per heavy atom. The van der Waals surface area contributed by atoms with Gasteiger partial charge in [0.05, 0.1) is 0 Å². The number of rotatable bonds is 3. The van der Waals surface area contributed by atoms with Crippen molar-refractivity contribution < 1.29 is 14.4 Å². The van der Waals surface area contributed by atoms with Crippen molar-refractivity contribution in [3.8, 4) is 0 Å². The van der Waals surface area contributed by atoms with Gasteiger partial charge in [-0.25, -0.2) is 0 Å². The van der Waals surface area contributed by atoms with E-state index in [0.29, 0.717) is 25.1 Å². The first-order valence-electron chi connectivity index (χ1n) is 14.3. The Morgan fingerprint density at radius 3 is 1.92 bits per heavy atom. The maximum Gasteiger partial charge on any atom is 0.252 e. The molecule has 6 nitrogen and oxygen atoms in total. The molecule has 0 spiro atoms. The average Bonchev–Trinajstić information content (AvgIpc) is 2.94. The van der Waals surface area contributed by atoms with E-state index < -0.39 is 6.04 Å². The van der Waals surface area contributed by atoms with Gasteiger partial charge in [-0.3, -0.25) is 14.4 Å². The van der Waals surface area contributed by atoms with Gasteiger partial charge in [0.25, 0.3) is 5.91 Å². The molecular formula is C33H43N3O3. The minimum atomic E-state index is -0.643. The van der Waals surface area contributed by atoms with Crippen LogP contribution in [0.1, 0.15) is 76.3 Å². The lowest BCUT2D eigenvalue weighted by atomic mass is 9.99. The Kier molecular flexibility index (Phi) is 12.5. The Hall–Kier alpha value is -3.67. The quantitative estimate of drug-likeness (QED) is 0.479. The van der Waals surface area contributed by atoms with Gasteiger partial charge >= 0.3 is 0 Å². The minimum absolute atomic E-state index is 0.0390. The van der Waals surface area contributed by atoms with Crippen molar-refractivity contribution in [1.29, 1.82) is 0 Å². The van der Waals surface area contributed by atoms with E-state index in [9.17, 15) is 14.4 Å². The molecule has 39 heavy (non-hydrogen) atoms. The molecule has 0 aliphatic carbocycles. The van der Waals surface area contributed by atoms with Gasteiger partial charge in [0, 0.05) is 25.1 Å². The van der Waals surface area contributed by atoms with Crippen LogP contribution in [-0.4, -0.2) is 36.9 Å². The lowest BCUT2D eigenvalue weighted by Crippen LogP contribution is -2.50. The smallest absolute Gasteiger partial charge is 0.252 e. The van der Waals surface area contributed by atoms with Gasteiger partial charge in [-0.05, 0) is 41.5 Å². The highest BCUT2D eigenvalue weighted by atomic mass is 16.2. The van der Waals surface area contributed by atoms with Gasteiger partial charge in [-0.15, -0.1) is 0 Å². The van der Waals surface area contributed by atoms with E-state index in [4.69, 9.17) is 0 Å². The molecule has 0 aromatic heterocycles. The molecule has 3 N–H and O–H groups in total. The molecule has 208 valence electrons. The van der Waals surface area contributed by atoms with Crippen molar-refractivity contribution in [2.45, 2.75) is 71.3 Å². The third-order valence-electron chi connectivity index (χ3n) is 7.02. The molecule has 0 unspecified atom stereocenters. The predicted molar refractivity (Wildman–Crippen MR) is 159 cm³/mol. The van der Waals surface area contributed by atoms with Crippen molar-refractivity contribution in [3.05, 3.63) is 83.9 Å². The number of nitrogens with one attached hydrogen (secondary N) is 3. The van der Waals surface area contributed by atoms with Gasteiger partial charge in [-0.1, -0.05) is 113 Å². The van der Waals surface area contributed by atoms with E-state index in [1.165, 1.54) is 0 Å². The molecule has 2 aromatic carbocycles. The predicted octanol–water partition coefficient (Wildman–Crippen LogP) is 5.66. The normalized spacial score (nSPS) is 22.2. The number of allylic oxidation sites excluding steroid dienone is 2. The molecule has 2 aromatic rings. The van der Waals surface area contributed by atoms with Crippen LogP contribution in [0.25, 0.3) is 11.1 Å². The van der Waals surface area contributed by atoms with Crippen LogP contribution in [0.4, 0.5) is 0 Å². The van der Waals surface area contributed by atoms with Crippen LogP contribution < -0.4 is 16.0 Å². The summed E-state index contributed by atoms with van der Waals surface area (Å²) in [4.78, 5) is 39.2. The summed E-state index contributed by atoms with van der Waals surface area (Å²) in [7, 11) is 0. The van der Waals surface area contributed by atoms with Crippen LogP contribution in [0, 0.1) is 5.92 Å². The zero-order chi connectivity index (χ0) is 27.9. The topological polar surface area (TPSA) is 87.3 Å². The second kappa shape index (κ2) is 16.3. The van der Waals surface area contributed by atoms with E-state index in [-0.39, 0.29) is 23.6 Å². The first-order chi connectivity index (χ1) is 19.0. The fraction of sp³-hybridized carbons (Fsp3) is 0.424. The standard InChI is InChI=1S/C33H43N3O3/c1-25(2)31-33(39)34-23-15-7-5-3-4-6-14-20-30(37)35-24-28(26-16-10-8-11-17-26)21-22-29(32(38)36-31)27-18-12-9-13-19-27/h8-13,16-19,21-22,25,31H,3-7,14-15,20,23-24H2,1-2H3,(H,34,39)(H,35,37)(H,36,38)/b28-21+,29-22-/t31-/m0/s1. The molecule has 1 aliphatic heterocycles. The Bertz CT molecular complexity index is 1120. The fourth-order valence-corrected chi connectivity index (χ4v) is 4.67. The Balaban J connectivity index is 1.95. The van der Waals surface area contributed by atoms with E-state index in [1.807, 2.05) is 80.6 Å². The summed E-state index contributed by atoms with van der Waals surface area (Å²) in [5, 5.41) is 9.08. The number of benzene rings is 2. The molecule has 0 saturated carbocycles. The average molecular weight is 530 g/mol. The summed E-state index contributed by atoms with van der Waals surface area (Å²) in [6, 6.07) is 18.7. The number of carbonyl (C=O) groups excluding carboxylic acids is 3. The second-order valence-electron chi connectivity index (χ2n) is 10.5. The summed E-state index contributed by atoms with van der Waals surface area (Å²) in [6.45, 7) is 4.84. The van der Waals surface area contributed by atoms with Gasteiger partial charge in [0.15, 0.2) is 0 Å². The highest BCUT2D eigenvalue weighted by molar-refractivity contribution is 6.20. The van der Waals surface area contributed by atoms with Crippen molar-refractivity contribution in [3.63, 3.8) is 0 Å². The second-order valence-corrected chi connectivity index (χ2v) is 10.5.